The van der Waals surface area contributed by atoms with Gasteiger partial charge in [-0.3, -0.25) is 9.69 Å². The Balaban J connectivity index is 1.45. The average Bonchev–Trinajstić information content (AvgIpc) is 2.74. The van der Waals surface area contributed by atoms with Crippen molar-refractivity contribution in [2.45, 2.75) is 30.4 Å². The van der Waals surface area contributed by atoms with Crippen molar-refractivity contribution in [1.29, 1.82) is 0 Å². The van der Waals surface area contributed by atoms with E-state index in [-0.39, 0.29) is 5.56 Å². The molecule has 5 nitrogen and oxygen atoms in total. The summed E-state index contributed by atoms with van der Waals surface area (Å²) in [5, 5.41) is 1.39. The lowest BCUT2D eigenvalue weighted by Gasteiger charge is -2.28. The molecule has 0 fully saturated rings. The van der Waals surface area contributed by atoms with Gasteiger partial charge in [-0.15, -0.1) is 0 Å². The molecule has 1 aliphatic heterocycles. The fraction of sp³-hybridized carbons (Fsp3) is 0.273. The molecular formula is C22H22ClN3O2S. The van der Waals surface area contributed by atoms with Crippen molar-refractivity contribution in [2.75, 3.05) is 13.7 Å². The number of para-hydroxylation sites is 1. The predicted molar refractivity (Wildman–Crippen MR) is 117 cm³/mol. The summed E-state index contributed by atoms with van der Waals surface area (Å²) >= 11 is 7.47. The van der Waals surface area contributed by atoms with Crippen molar-refractivity contribution in [2.24, 2.45) is 0 Å². The van der Waals surface area contributed by atoms with Crippen molar-refractivity contribution in [3.8, 4) is 5.75 Å². The van der Waals surface area contributed by atoms with Crippen LogP contribution in [0.3, 0.4) is 0 Å². The zero-order valence-electron chi connectivity index (χ0n) is 16.2. The van der Waals surface area contributed by atoms with Crippen LogP contribution in [0, 0.1) is 0 Å². The maximum absolute atomic E-state index is 12.7. The number of hydrogen-bond donors (Lipinski definition) is 1. The number of halogens is 1. The molecule has 0 radical (unpaired) electrons. The zero-order valence-corrected chi connectivity index (χ0v) is 17.7. The number of nitrogens with one attached hydrogen (secondary N) is 1. The van der Waals surface area contributed by atoms with E-state index in [1.807, 2.05) is 42.5 Å². The van der Waals surface area contributed by atoms with Gasteiger partial charge >= 0.3 is 0 Å². The lowest BCUT2D eigenvalue weighted by atomic mass is 10.1. The Kier molecular flexibility index (Phi) is 6.23. The van der Waals surface area contributed by atoms with Crippen LogP contribution in [0.4, 0.5) is 0 Å². The van der Waals surface area contributed by atoms with Gasteiger partial charge in [0.05, 0.1) is 18.4 Å². The van der Waals surface area contributed by atoms with Gasteiger partial charge < -0.3 is 9.72 Å². The minimum atomic E-state index is -0.0432. The van der Waals surface area contributed by atoms with Crippen LogP contribution < -0.4 is 10.3 Å². The summed E-state index contributed by atoms with van der Waals surface area (Å²) in [6, 6.07) is 15.7. The number of aromatic nitrogens is 2. The highest BCUT2D eigenvalue weighted by molar-refractivity contribution is 7.98. The van der Waals surface area contributed by atoms with E-state index in [0.29, 0.717) is 11.7 Å². The third kappa shape index (κ3) is 4.83. The molecule has 1 N–H and O–H groups in total. The fourth-order valence-corrected chi connectivity index (χ4v) is 4.43. The van der Waals surface area contributed by atoms with E-state index in [1.54, 1.807) is 7.11 Å². The van der Waals surface area contributed by atoms with E-state index in [4.69, 9.17) is 21.3 Å². The Morgan fingerprint density at radius 2 is 2.00 bits per heavy atom. The molecule has 1 aliphatic rings. The number of H-pyrrole nitrogens is 1. The van der Waals surface area contributed by atoms with Gasteiger partial charge in [-0.1, -0.05) is 53.7 Å². The molecule has 0 saturated heterocycles. The summed E-state index contributed by atoms with van der Waals surface area (Å²) in [6.07, 6.45) is 0.767. The van der Waals surface area contributed by atoms with E-state index in [9.17, 15) is 4.79 Å². The molecule has 7 heteroatoms. The molecule has 1 aromatic heterocycles. The Morgan fingerprint density at radius 3 is 2.79 bits per heavy atom. The van der Waals surface area contributed by atoms with E-state index in [1.165, 1.54) is 11.8 Å². The Hall–Kier alpha value is -2.28. The first kappa shape index (κ1) is 20.0. The van der Waals surface area contributed by atoms with Crippen LogP contribution in [0.25, 0.3) is 0 Å². The number of thioether (sulfide) groups is 1. The number of ether oxygens (including phenoxy) is 1. The summed E-state index contributed by atoms with van der Waals surface area (Å²) in [4.78, 5) is 22.6. The minimum Gasteiger partial charge on any atom is -0.496 e. The standard InChI is InChI=1S/C22H22ClN3O2S/c1-28-20-5-3-2-4-16(20)12-26-11-10-19-18(13-26)21(27)25-22(24-19)29-14-15-6-8-17(23)9-7-15/h2-9H,10-14H2,1H3,(H,24,25,27). The topological polar surface area (TPSA) is 58.2 Å². The monoisotopic (exact) mass is 427 g/mol. The minimum absolute atomic E-state index is 0.0432. The molecular weight excluding hydrogens is 406 g/mol. The third-order valence-corrected chi connectivity index (χ3v) is 6.20. The van der Waals surface area contributed by atoms with Crippen LogP contribution in [0.5, 0.6) is 5.75 Å². The molecule has 0 atom stereocenters. The highest BCUT2D eigenvalue weighted by atomic mass is 35.5. The number of methoxy groups -OCH3 is 1. The van der Waals surface area contributed by atoms with Crippen molar-refractivity contribution in [3.63, 3.8) is 0 Å². The molecule has 0 aliphatic carbocycles. The first-order chi connectivity index (χ1) is 14.1. The van der Waals surface area contributed by atoms with Gasteiger partial charge in [0.2, 0.25) is 0 Å². The normalized spacial score (nSPS) is 13.9. The van der Waals surface area contributed by atoms with Gasteiger partial charge in [0.1, 0.15) is 5.75 Å². The molecule has 3 aromatic rings. The van der Waals surface area contributed by atoms with Gasteiger partial charge in [-0.25, -0.2) is 4.98 Å². The maximum atomic E-state index is 12.7. The summed E-state index contributed by atoms with van der Waals surface area (Å²) in [6.45, 7) is 2.20. The second kappa shape index (κ2) is 9.03. The van der Waals surface area contributed by atoms with Crippen molar-refractivity contribution in [1.82, 2.24) is 14.9 Å². The van der Waals surface area contributed by atoms with Crippen LogP contribution >= 0.6 is 23.4 Å². The second-order valence-corrected chi connectivity index (χ2v) is 8.38. The van der Waals surface area contributed by atoms with Gasteiger partial charge in [0, 0.05) is 42.4 Å². The lowest BCUT2D eigenvalue weighted by molar-refractivity contribution is 0.237. The van der Waals surface area contributed by atoms with Gasteiger partial charge in [-0.05, 0) is 23.8 Å². The summed E-state index contributed by atoms with van der Waals surface area (Å²) in [5.41, 5.74) is 3.89. The number of rotatable bonds is 6. The maximum Gasteiger partial charge on any atom is 0.256 e. The van der Waals surface area contributed by atoms with Crippen molar-refractivity contribution >= 4 is 23.4 Å². The molecule has 0 unspecified atom stereocenters. The number of benzene rings is 2. The largest absolute Gasteiger partial charge is 0.496 e. The van der Waals surface area contributed by atoms with Crippen molar-refractivity contribution < 1.29 is 4.74 Å². The molecule has 150 valence electrons. The number of nitrogens with zero attached hydrogens (tertiary/aromatic N) is 2. The van der Waals surface area contributed by atoms with E-state index in [2.05, 4.69) is 16.0 Å². The van der Waals surface area contributed by atoms with E-state index in [0.717, 1.165) is 58.4 Å². The molecule has 2 heterocycles. The van der Waals surface area contributed by atoms with Crippen LogP contribution in [-0.4, -0.2) is 28.5 Å². The van der Waals surface area contributed by atoms with Crippen LogP contribution in [0.15, 0.2) is 58.5 Å². The molecule has 0 amide bonds. The molecule has 2 aromatic carbocycles. The summed E-state index contributed by atoms with van der Waals surface area (Å²) in [5.74, 6) is 1.61. The zero-order chi connectivity index (χ0) is 20.2. The van der Waals surface area contributed by atoms with Crippen LogP contribution in [-0.2, 0) is 25.3 Å². The Morgan fingerprint density at radius 1 is 1.21 bits per heavy atom. The quantitative estimate of drug-likeness (QED) is 0.470. The van der Waals surface area contributed by atoms with E-state index < -0.39 is 0 Å². The lowest BCUT2D eigenvalue weighted by Crippen LogP contribution is -2.35. The first-order valence-corrected chi connectivity index (χ1v) is 10.8. The second-order valence-electron chi connectivity index (χ2n) is 6.98. The Bertz CT molecular complexity index is 1050. The highest BCUT2D eigenvalue weighted by Crippen LogP contribution is 2.24. The first-order valence-electron chi connectivity index (χ1n) is 9.46. The third-order valence-electron chi connectivity index (χ3n) is 5.00. The molecule has 29 heavy (non-hydrogen) atoms. The highest BCUT2D eigenvalue weighted by Gasteiger charge is 2.22. The molecule has 0 saturated carbocycles. The smallest absolute Gasteiger partial charge is 0.256 e. The molecule has 4 rings (SSSR count). The van der Waals surface area contributed by atoms with Crippen LogP contribution in [0.1, 0.15) is 22.4 Å². The van der Waals surface area contributed by atoms with Gasteiger partial charge in [-0.2, -0.15) is 0 Å². The van der Waals surface area contributed by atoms with E-state index >= 15 is 0 Å². The summed E-state index contributed by atoms with van der Waals surface area (Å²) < 4.78 is 5.45. The number of hydrogen-bond acceptors (Lipinski definition) is 5. The molecule has 0 spiro atoms. The van der Waals surface area contributed by atoms with Gasteiger partial charge in [0.25, 0.3) is 5.56 Å². The van der Waals surface area contributed by atoms with Crippen LogP contribution in [0.2, 0.25) is 5.02 Å². The fourth-order valence-electron chi connectivity index (χ4n) is 3.47. The number of fused-ring (bicyclic) bond motifs is 1. The van der Waals surface area contributed by atoms with Crippen molar-refractivity contribution in [3.05, 3.63) is 86.3 Å². The predicted octanol–water partition coefficient (Wildman–Crippen LogP) is 4.28. The van der Waals surface area contributed by atoms with Gasteiger partial charge in [0.15, 0.2) is 5.16 Å². The SMILES string of the molecule is COc1ccccc1CN1CCc2nc(SCc3ccc(Cl)cc3)[nH]c(=O)c2C1. The summed E-state index contributed by atoms with van der Waals surface area (Å²) in [7, 11) is 1.68. The Labute approximate surface area is 179 Å². The molecule has 0 bridgehead atoms. The average molecular weight is 428 g/mol. The number of aromatic amines is 1.